The van der Waals surface area contributed by atoms with Gasteiger partial charge in [-0.3, -0.25) is 4.72 Å². The van der Waals surface area contributed by atoms with Gasteiger partial charge < -0.3 is 10.1 Å². The molecule has 0 aliphatic heterocycles. The van der Waals surface area contributed by atoms with E-state index in [1.54, 1.807) is 31.3 Å². The molecule has 0 saturated heterocycles. The Morgan fingerprint density at radius 1 is 1.05 bits per heavy atom. The first-order chi connectivity index (χ1) is 9.55. The molecule has 2 aromatic rings. The highest BCUT2D eigenvalue weighted by molar-refractivity contribution is 7.92. The van der Waals surface area contributed by atoms with Crippen molar-refractivity contribution in [2.75, 3.05) is 24.2 Å². The molecule has 0 spiro atoms. The van der Waals surface area contributed by atoms with Crippen LogP contribution in [0.25, 0.3) is 0 Å². The summed E-state index contributed by atoms with van der Waals surface area (Å²) in [6.45, 7) is 0. The summed E-state index contributed by atoms with van der Waals surface area (Å²) in [5.74, 6) is 0.423. The maximum Gasteiger partial charge on any atom is 0.261 e. The Balaban J connectivity index is 2.20. The van der Waals surface area contributed by atoms with Gasteiger partial charge in [-0.25, -0.2) is 13.4 Å². The third kappa shape index (κ3) is 3.18. The molecule has 0 fully saturated rings. The summed E-state index contributed by atoms with van der Waals surface area (Å²) in [6, 6.07) is 9.63. The summed E-state index contributed by atoms with van der Waals surface area (Å²) in [5, 5.41) is 2.93. The summed E-state index contributed by atoms with van der Waals surface area (Å²) in [4.78, 5) is 4.13. The van der Waals surface area contributed by atoms with Gasteiger partial charge in [0, 0.05) is 18.8 Å². The number of anilines is 2. The molecule has 7 heteroatoms. The molecule has 0 aliphatic carbocycles. The highest BCUT2D eigenvalue weighted by Crippen LogP contribution is 2.18. The van der Waals surface area contributed by atoms with Gasteiger partial charge in [-0.15, -0.1) is 0 Å². The van der Waals surface area contributed by atoms with E-state index >= 15 is 0 Å². The molecule has 1 heterocycles. The van der Waals surface area contributed by atoms with E-state index in [4.69, 9.17) is 4.74 Å². The topological polar surface area (TPSA) is 80.3 Å². The van der Waals surface area contributed by atoms with Crippen molar-refractivity contribution in [2.45, 2.75) is 4.90 Å². The number of nitrogens with one attached hydrogen (secondary N) is 2. The molecule has 6 nitrogen and oxygen atoms in total. The van der Waals surface area contributed by atoms with E-state index in [9.17, 15) is 8.42 Å². The normalized spacial score (nSPS) is 10.9. The van der Waals surface area contributed by atoms with E-state index in [1.165, 1.54) is 25.4 Å². The Labute approximate surface area is 117 Å². The van der Waals surface area contributed by atoms with Crippen LogP contribution in [-0.2, 0) is 10.0 Å². The number of benzene rings is 1. The van der Waals surface area contributed by atoms with Gasteiger partial charge in [-0.2, -0.15) is 0 Å². The van der Waals surface area contributed by atoms with Gasteiger partial charge in [0.1, 0.15) is 0 Å². The largest absolute Gasteiger partial charge is 0.481 e. The number of rotatable bonds is 5. The van der Waals surface area contributed by atoms with Crippen molar-refractivity contribution in [1.29, 1.82) is 0 Å². The van der Waals surface area contributed by atoms with E-state index in [0.717, 1.165) is 5.69 Å². The fraction of sp³-hybridized carbons (Fsp3) is 0.154. The Kier molecular flexibility index (Phi) is 4.09. The van der Waals surface area contributed by atoms with Gasteiger partial charge in [0.05, 0.1) is 23.9 Å². The zero-order valence-corrected chi connectivity index (χ0v) is 11.9. The van der Waals surface area contributed by atoms with Gasteiger partial charge in [0.2, 0.25) is 5.88 Å². The van der Waals surface area contributed by atoms with Crippen molar-refractivity contribution >= 4 is 21.4 Å². The van der Waals surface area contributed by atoms with E-state index in [2.05, 4.69) is 15.0 Å². The highest BCUT2D eigenvalue weighted by atomic mass is 32.2. The Morgan fingerprint density at radius 2 is 1.70 bits per heavy atom. The van der Waals surface area contributed by atoms with Gasteiger partial charge in [-0.1, -0.05) is 0 Å². The molecule has 20 heavy (non-hydrogen) atoms. The van der Waals surface area contributed by atoms with Gasteiger partial charge >= 0.3 is 0 Å². The summed E-state index contributed by atoms with van der Waals surface area (Å²) < 4.78 is 31.7. The van der Waals surface area contributed by atoms with Crippen molar-refractivity contribution in [3.05, 3.63) is 42.6 Å². The minimum Gasteiger partial charge on any atom is -0.481 e. The van der Waals surface area contributed by atoms with Crippen LogP contribution in [0.2, 0.25) is 0 Å². The highest BCUT2D eigenvalue weighted by Gasteiger charge is 2.14. The molecule has 0 bridgehead atoms. The SMILES string of the molecule is CNc1ccc(S(=O)(=O)Nc2ccc(OC)nc2)cc1. The predicted molar refractivity (Wildman–Crippen MR) is 77.6 cm³/mol. The average molecular weight is 293 g/mol. The Hall–Kier alpha value is -2.28. The molecule has 1 aromatic carbocycles. The molecule has 0 saturated carbocycles. The van der Waals surface area contributed by atoms with Gasteiger partial charge in [0.15, 0.2) is 0 Å². The van der Waals surface area contributed by atoms with Crippen LogP contribution in [0.3, 0.4) is 0 Å². The molecule has 106 valence electrons. The zero-order chi connectivity index (χ0) is 14.6. The minimum atomic E-state index is -3.62. The number of nitrogens with zero attached hydrogens (tertiary/aromatic N) is 1. The van der Waals surface area contributed by atoms with E-state index in [-0.39, 0.29) is 4.90 Å². The fourth-order valence-electron chi connectivity index (χ4n) is 1.58. The van der Waals surface area contributed by atoms with Crippen LogP contribution >= 0.6 is 0 Å². The number of methoxy groups -OCH3 is 1. The first-order valence-corrected chi connectivity index (χ1v) is 7.34. The molecule has 2 N–H and O–H groups in total. The van der Waals surface area contributed by atoms with Crippen molar-refractivity contribution < 1.29 is 13.2 Å². The average Bonchev–Trinajstić information content (AvgIpc) is 2.48. The van der Waals surface area contributed by atoms with Crippen LogP contribution in [0.5, 0.6) is 5.88 Å². The molecule has 0 aliphatic rings. The summed E-state index contributed by atoms with van der Waals surface area (Å²) in [6.07, 6.45) is 1.40. The lowest BCUT2D eigenvalue weighted by Crippen LogP contribution is -2.13. The second-order valence-electron chi connectivity index (χ2n) is 3.97. The molecule has 0 unspecified atom stereocenters. The van der Waals surface area contributed by atoms with Crippen LogP contribution in [0.1, 0.15) is 0 Å². The minimum absolute atomic E-state index is 0.187. The number of hydrogen-bond donors (Lipinski definition) is 2. The number of ether oxygens (including phenoxy) is 1. The second-order valence-corrected chi connectivity index (χ2v) is 5.65. The summed E-state index contributed by atoms with van der Waals surface area (Å²) in [5.41, 5.74) is 1.22. The molecular formula is C13H15N3O3S. The van der Waals surface area contributed by atoms with Crippen molar-refractivity contribution in [3.63, 3.8) is 0 Å². The molecule has 0 radical (unpaired) electrons. The molecular weight excluding hydrogens is 278 g/mol. The number of pyridine rings is 1. The quantitative estimate of drug-likeness (QED) is 0.880. The maximum atomic E-state index is 12.2. The second kappa shape index (κ2) is 5.79. The third-order valence-corrected chi connectivity index (χ3v) is 4.05. The van der Waals surface area contributed by atoms with Crippen molar-refractivity contribution in [2.24, 2.45) is 0 Å². The number of hydrogen-bond acceptors (Lipinski definition) is 5. The molecule has 0 amide bonds. The lowest BCUT2D eigenvalue weighted by Gasteiger charge is -2.09. The van der Waals surface area contributed by atoms with Crippen LogP contribution in [0.4, 0.5) is 11.4 Å². The summed E-state index contributed by atoms with van der Waals surface area (Å²) >= 11 is 0. The predicted octanol–water partition coefficient (Wildman–Crippen LogP) is 1.93. The van der Waals surface area contributed by atoms with Gasteiger partial charge in [0.25, 0.3) is 10.0 Å². The monoisotopic (exact) mass is 293 g/mol. The lowest BCUT2D eigenvalue weighted by molar-refractivity contribution is 0.398. The summed E-state index contributed by atoms with van der Waals surface area (Å²) in [7, 11) is -0.352. The van der Waals surface area contributed by atoms with E-state index in [0.29, 0.717) is 11.6 Å². The van der Waals surface area contributed by atoms with Gasteiger partial charge in [-0.05, 0) is 30.3 Å². The Morgan fingerprint density at radius 3 is 2.20 bits per heavy atom. The van der Waals surface area contributed by atoms with Crippen LogP contribution < -0.4 is 14.8 Å². The van der Waals surface area contributed by atoms with E-state index in [1.807, 2.05) is 0 Å². The zero-order valence-electron chi connectivity index (χ0n) is 11.1. The van der Waals surface area contributed by atoms with Crippen LogP contribution in [-0.4, -0.2) is 27.6 Å². The lowest BCUT2D eigenvalue weighted by atomic mass is 10.3. The first kappa shape index (κ1) is 14.1. The maximum absolute atomic E-state index is 12.2. The van der Waals surface area contributed by atoms with Crippen molar-refractivity contribution in [1.82, 2.24) is 4.98 Å². The molecule has 2 rings (SSSR count). The van der Waals surface area contributed by atoms with Crippen LogP contribution in [0, 0.1) is 0 Å². The number of aromatic nitrogens is 1. The van der Waals surface area contributed by atoms with E-state index < -0.39 is 10.0 Å². The first-order valence-electron chi connectivity index (χ1n) is 5.86. The smallest absolute Gasteiger partial charge is 0.261 e. The standard InChI is InChI=1S/C13H15N3O3S/c1-14-10-3-6-12(7-4-10)20(17,18)16-11-5-8-13(19-2)15-9-11/h3-9,14,16H,1-2H3. The Bertz CT molecular complexity index is 667. The molecule has 0 atom stereocenters. The fourth-order valence-corrected chi connectivity index (χ4v) is 2.62. The van der Waals surface area contributed by atoms with Crippen molar-refractivity contribution in [3.8, 4) is 5.88 Å². The molecule has 1 aromatic heterocycles. The van der Waals surface area contributed by atoms with Crippen LogP contribution in [0.15, 0.2) is 47.5 Å². The number of sulfonamides is 1. The third-order valence-electron chi connectivity index (χ3n) is 2.65.